The molecule has 0 aliphatic carbocycles. The number of aryl methyl sites for hydroxylation is 1. The van der Waals surface area contributed by atoms with Crippen molar-refractivity contribution in [1.82, 2.24) is 14.8 Å². The molecular formula is C21H21F3N4O3S2. The number of carbonyl (C=O) groups is 1. The molecule has 0 spiro atoms. The summed E-state index contributed by atoms with van der Waals surface area (Å²) in [6, 6.07) is 10.8. The lowest BCUT2D eigenvalue weighted by molar-refractivity contribution is -0.137. The number of benzene rings is 2. The van der Waals surface area contributed by atoms with Crippen LogP contribution in [0.2, 0.25) is 0 Å². The summed E-state index contributed by atoms with van der Waals surface area (Å²) in [4.78, 5) is 12.4. The Morgan fingerprint density at radius 1 is 1.12 bits per heavy atom. The molecule has 176 valence electrons. The zero-order valence-electron chi connectivity index (χ0n) is 17.8. The summed E-state index contributed by atoms with van der Waals surface area (Å²) in [5, 5.41) is 10.7. The molecule has 1 N–H and O–H groups in total. The van der Waals surface area contributed by atoms with Gasteiger partial charge in [-0.05, 0) is 44.2 Å². The lowest BCUT2D eigenvalue weighted by Gasteiger charge is -2.10. The van der Waals surface area contributed by atoms with E-state index in [2.05, 4.69) is 15.5 Å². The van der Waals surface area contributed by atoms with Crippen LogP contribution in [0, 0.1) is 6.92 Å². The van der Waals surface area contributed by atoms with E-state index in [1.54, 1.807) is 23.6 Å². The van der Waals surface area contributed by atoms with E-state index in [0.29, 0.717) is 11.7 Å². The van der Waals surface area contributed by atoms with Crippen LogP contribution in [-0.4, -0.2) is 34.8 Å². The molecule has 1 amide bonds. The topological polar surface area (TPSA) is 93.9 Å². The number of hydrogen-bond acceptors (Lipinski definition) is 6. The number of hydrogen-bond donors (Lipinski definition) is 1. The molecule has 12 heteroatoms. The highest BCUT2D eigenvalue weighted by molar-refractivity contribution is 7.99. The molecule has 0 bridgehead atoms. The summed E-state index contributed by atoms with van der Waals surface area (Å²) >= 11 is 1.01. The largest absolute Gasteiger partial charge is 0.416 e. The van der Waals surface area contributed by atoms with Gasteiger partial charge in [0.2, 0.25) is 5.91 Å². The highest BCUT2D eigenvalue weighted by Crippen LogP contribution is 2.30. The monoisotopic (exact) mass is 498 g/mol. The number of alkyl halides is 3. The molecule has 0 atom stereocenters. The van der Waals surface area contributed by atoms with Crippen LogP contribution in [0.1, 0.15) is 23.9 Å². The van der Waals surface area contributed by atoms with Gasteiger partial charge in [0.05, 0.1) is 16.2 Å². The Morgan fingerprint density at radius 3 is 2.45 bits per heavy atom. The van der Waals surface area contributed by atoms with Gasteiger partial charge in [-0.25, -0.2) is 8.42 Å². The van der Waals surface area contributed by atoms with Crippen molar-refractivity contribution in [3.63, 3.8) is 0 Å². The average Bonchev–Trinajstić information content (AvgIpc) is 3.13. The van der Waals surface area contributed by atoms with E-state index in [-0.39, 0.29) is 27.9 Å². The Labute approximate surface area is 193 Å². The van der Waals surface area contributed by atoms with E-state index in [4.69, 9.17) is 0 Å². The fraction of sp³-hybridized carbons (Fsp3) is 0.286. The predicted octanol–water partition coefficient (Wildman–Crippen LogP) is 4.33. The van der Waals surface area contributed by atoms with Crippen molar-refractivity contribution in [2.45, 2.75) is 42.4 Å². The van der Waals surface area contributed by atoms with Crippen LogP contribution in [0.5, 0.6) is 0 Å². The van der Waals surface area contributed by atoms with Crippen LogP contribution in [0.3, 0.4) is 0 Å². The number of sulfone groups is 1. The van der Waals surface area contributed by atoms with Crippen LogP contribution >= 0.6 is 11.8 Å². The van der Waals surface area contributed by atoms with Crippen LogP contribution in [0.25, 0.3) is 0 Å². The highest BCUT2D eigenvalue weighted by atomic mass is 32.2. The highest BCUT2D eigenvalue weighted by Gasteiger charge is 2.30. The van der Waals surface area contributed by atoms with E-state index in [9.17, 15) is 26.4 Å². The number of thioether (sulfide) groups is 1. The molecule has 2 aromatic carbocycles. The second kappa shape index (κ2) is 9.96. The van der Waals surface area contributed by atoms with Gasteiger partial charge in [-0.1, -0.05) is 35.5 Å². The fourth-order valence-corrected chi connectivity index (χ4v) is 5.04. The summed E-state index contributed by atoms with van der Waals surface area (Å²) < 4.78 is 65.5. The average molecular weight is 499 g/mol. The van der Waals surface area contributed by atoms with Crippen LogP contribution < -0.4 is 5.32 Å². The maximum absolute atomic E-state index is 12.8. The minimum atomic E-state index is -4.51. The fourth-order valence-electron chi connectivity index (χ4n) is 2.95. The third kappa shape index (κ3) is 6.35. The molecule has 0 unspecified atom stereocenters. The van der Waals surface area contributed by atoms with Crippen molar-refractivity contribution >= 4 is 33.2 Å². The summed E-state index contributed by atoms with van der Waals surface area (Å²) in [5.74, 6) is -0.787. The summed E-state index contributed by atoms with van der Waals surface area (Å²) in [7, 11) is -3.64. The van der Waals surface area contributed by atoms with Gasteiger partial charge < -0.3 is 9.88 Å². The Morgan fingerprint density at radius 2 is 1.82 bits per heavy atom. The molecule has 7 nitrogen and oxygen atoms in total. The maximum Gasteiger partial charge on any atom is 0.416 e. The Hall–Kier alpha value is -2.86. The van der Waals surface area contributed by atoms with E-state index < -0.39 is 27.5 Å². The van der Waals surface area contributed by atoms with Crippen molar-refractivity contribution in [2.75, 3.05) is 11.1 Å². The minimum absolute atomic E-state index is 0.0252. The van der Waals surface area contributed by atoms with Crippen LogP contribution in [0.15, 0.2) is 58.6 Å². The third-order valence-corrected chi connectivity index (χ3v) is 7.21. The van der Waals surface area contributed by atoms with Gasteiger partial charge in [0.15, 0.2) is 15.0 Å². The van der Waals surface area contributed by atoms with Crippen LogP contribution in [0.4, 0.5) is 18.9 Å². The second-order valence-corrected chi connectivity index (χ2v) is 10.1. The molecule has 1 aromatic heterocycles. The van der Waals surface area contributed by atoms with Gasteiger partial charge >= 0.3 is 6.18 Å². The van der Waals surface area contributed by atoms with Gasteiger partial charge in [0, 0.05) is 12.2 Å². The van der Waals surface area contributed by atoms with E-state index in [1.807, 2.05) is 6.92 Å². The number of amides is 1. The molecule has 0 saturated heterocycles. The number of aromatic nitrogens is 3. The lowest BCUT2D eigenvalue weighted by atomic mass is 10.2. The van der Waals surface area contributed by atoms with Crippen molar-refractivity contribution in [2.24, 2.45) is 0 Å². The maximum atomic E-state index is 12.8. The quantitative estimate of drug-likeness (QED) is 0.465. The van der Waals surface area contributed by atoms with Crippen LogP contribution in [-0.2, 0) is 33.1 Å². The first-order valence-corrected chi connectivity index (χ1v) is 12.4. The standard InChI is InChI=1S/C21H21F3N4O3S2/c1-3-28-18(13-33(30,31)17-9-7-14(2)8-10-17)26-27-20(28)32-12-19(29)25-16-6-4-5-15(11-16)21(22,23)24/h4-11H,3,12-13H2,1-2H3,(H,25,29). The Balaban J connectivity index is 1.67. The van der Waals surface area contributed by atoms with Gasteiger partial charge in [-0.2, -0.15) is 13.2 Å². The lowest BCUT2D eigenvalue weighted by Crippen LogP contribution is -2.16. The number of rotatable bonds is 8. The van der Waals surface area contributed by atoms with Gasteiger partial charge in [0.1, 0.15) is 11.6 Å². The molecule has 0 radical (unpaired) electrons. The summed E-state index contributed by atoms with van der Waals surface area (Å²) in [6.45, 7) is 4.03. The van der Waals surface area contributed by atoms with E-state index in [1.165, 1.54) is 24.3 Å². The number of halogens is 3. The summed E-state index contributed by atoms with van der Waals surface area (Å²) in [6.07, 6.45) is -4.51. The third-order valence-electron chi connectivity index (χ3n) is 4.61. The first-order chi connectivity index (χ1) is 15.5. The number of carbonyl (C=O) groups excluding carboxylic acids is 1. The molecule has 0 aliphatic heterocycles. The Kier molecular flexibility index (Phi) is 7.48. The van der Waals surface area contributed by atoms with Gasteiger partial charge in [-0.3, -0.25) is 4.79 Å². The SMILES string of the molecule is CCn1c(CS(=O)(=O)c2ccc(C)cc2)nnc1SCC(=O)Nc1cccc(C(F)(F)F)c1. The molecule has 1 heterocycles. The first-order valence-electron chi connectivity index (χ1n) is 9.81. The predicted molar refractivity (Wildman–Crippen MR) is 119 cm³/mol. The van der Waals surface area contributed by atoms with E-state index in [0.717, 1.165) is 29.5 Å². The molecule has 0 saturated carbocycles. The number of anilines is 1. The normalized spacial score (nSPS) is 12.0. The van der Waals surface area contributed by atoms with Crippen molar-refractivity contribution in [1.29, 1.82) is 0 Å². The molecule has 0 fully saturated rings. The zero-order chi connectivity index (χ0) is 24.2. The Bertz CT molecular complexity index is 1240. The van der Waals surface area contributed by atoms with Crippen molar-refractivity contribution in [3.05, 3.63) is 65.5 Å². The molecule has 3 rings (SSSR count). The summed E-state index contributed by atoms with van der Waals surface area (Å²) in [5.41, 5.74) is 0.100. The molecule has 33 heavy (non-hydrogen) atoms. The van der Waals surface area contributed by atoms with Crippen molar-refractivity contribution in [3.8, 4) is 0 Å². The zero-order valence-corrected chi connectivity index (χ0v) is 19.4. The number of nitrogens with zero attached hydrogens (tertiary/aromatic N) is 3. The first kappa shape index (κ1) is 24.8. The molecule has 3 aromatic rings. The minimum Gasteiger partial charge on any atom is -0.325 e. The number of nitrogens with one attached hydrogen (secondary N) is 1. The second-order valence-electron chi connectivity index (χ2n) is 7.13. The molecule has 0 aliphatic rings. The van der Waals surface area contributed by atoms with E-state index >= 15 is 0 Å². The van der Waals surface area contributed by atoms with Crippen molar-refractivity contribution < 1.29 is 26.4 Å². The molecular weight excluding hydrogens is 477 g/mol. The smallest absolute Gasteiger partial charge is 0.325 e. The van der Waals surface area contributed by atoms with Gasteiger partial charge in [0.25, 0.3) is 0 Å². The van der Waals surface area contributed by atoms with Gasteiger partial charge in [-0.15, -0.1) is 10.2 Å².